The number of carbonyl (C=O) groups excluding carboxylic acids is 2. The molecule has 0 aromatic carbocycles. The van der Waals surface area contributed by atoms with Crippen LogP contribution in [0.15, 0.2) is 12.3 Å². The van der Waals surface area contributed by atoms with Crippen LogP contribution in [-0.2, 0) is 14.3 Å². The maximum Gasteiger partial charge on any atom is 0.314 e. The fourth-order valence-corrected chi connectivity index (χ4v) is 1.66. The number of hydrogen-bond donors (Lipinski definition) is 0. The number of rotatable bonds is 7. The molecule has 0 fully saturated rings. The molecule has 0 aliphatic carbocycles. The van der Waals surface area contributed by atoms with Crippen LogP contribution in [0, 0.1) is 11.8 Å². The molecule has 0 aliphatic rings. The van der Waals surface area contributed by atoms with E-state index in [4.69, 9.17) is 4.74 Å². The summed E-state index contributed by atoms with van der Waals surface area (Å²) in [7, 11) is 1.66. The molecule has 104 valence electrons. The average Bonchev–Trinajstić information content (AvgIpc) is 2.28. The number of esters is 1. The molecule has 0 radical (unpaired) electrons. The van der Waals surface area contributed by atoms with Crippen molar-refractivity contribution in [2.75, 3.05) is 13.7 Å². The summed E-state index contributed by atoms with van der Waals surface area (Å²) in [6.07, 6.45) is 1.03. The Morgan fingerprint density at radius 3 is 2.22 bits per heavy atom. The highest BCUT2D eigenvalue weighted by Crippen LogP contribution is 2.19. The van der Waals surface area contributed by atoms with Crippen molar-refractivity contribution >= 4 is 11.9 Å². The summed E-state index contributed by atoms with van der Waals surface area (Å²) >= 11 is 0. The normalized spacial score (nSPS) is 12.1. The van der Waals surface area contributed by atoms with E-state index in [2.05, 4.69) is 6.58 Å². The van der Waals surface area contributed by atoms with Gasteiger partial charge in [0.2, 0.25) is 5.91 Å². The zero-order valence-corrected chi connectivity index (χ0v) is 12.2. The number of ether oxygens (including phenoxy) is 1. The van der Waals surface area contributed by atoms with Crippen molar-refractivity contribution in [1.82, 2.24) is 4.90 Å². The molecule has 4 heteroatoms. The van der Waals surface area contributed by atoms with Crippen molar-refractivity contribution in [2.24, 2.45) is 11.8 Å². The van der Waals surface area contributed by atoms with Crippen molar-refractivity contribution < 1.29 is 14.3 Å². The minimum Gasteiger partial charge on any atom is -0.465 e. The van der Waals surface area contributed by atoms with Crippen LogP contribution >= 0.6 is 0 Å². The molecule has 0 spiro atoms. The molecule has 1 amide bonds. The van der Waals surface area contributed by atoms with Crippen molar-refractivity contribution in [3.63, 3.8) is 0 Å². The molecule has 1 atom stereocenters. The van der Waals surface area contributed by atoms with Crippen molar-refractivity contribution in [2.45, 2.75) is 40.5 Å². The monoisotopic (exact) mass is 255 g/mol. The van der Waals surface area contributed by atoms with E-state index in [0.717, 1.165) is 0 Å². The number of nitrogens with zero attached hydrogens (tertiary/aromatic N) is 1. The summed E-state index contributed by atoms with van der Waals surface area (Å²) in [6.45, 7) is 11.8. The largest absolute Gasteiger partial charge is 0.465 e. The smallest absolute Gasteiger partial charge is 0.314 e. The molecule has 0 aliphatic heterocycles. The van der Waals surface area contributed by atoms with E-state index in [1.165, 1.54) is 4.90 Å². The first-order chi connectivity index (χ1) is 8.34. The van der Waals surface area contributed by atoms with Crippen molar-refractivity contribution in [3.05, 3.63) is 12.3 Å². The highest BCUT2D eigenvalue weighted by atomic mass is 16.5. The predicted octanol–water partition coefficient (Wildman–Crippen LogP) is 2.59. The van der Waals surface area contributed by atoms with Crippen LogP contribution in [0.25, 0.3) is 0 Å². The van der Waals surface area contributed by atoms with Gasteiger partial charge in [0.05, 0.1) is 12.5 Å². The molecule has 0 N–H and O–H groups in total. The average molecular weight is 255 g/mol. The Kier molecular flexibility index (Phi) is 7.32. The lowest BCUT2D eigenvalue weighted by molar-refractivity contribution is -0.147. The molecule has 0 saturated carbocycles. The second-order valence-electron chi connectivity index (χ2n) is 4.75. The van der Waals surface area contributed by atoms with Gasteiger partial charge in [-0.15, -0.1) is 0 Å². The van der Waals surface area contributed by atoms with E-state index in [1.807, 2.05) is 20.8 Å². The van der Waals surface area contributed by atoms with Crippen molar-refractivity contribution in [1.29, 1.82) is 0 Å². The summed E-state index contributed by atoms with van der Waals surface area (Å²) in [6, 6.07) is 0. The van der Waals surface area contributed by atoms with Gasteiger partial charge in [0.15, 0.2) is 0 Å². The fraction of sp³-hybridized carbons (Fsp3) is 0.714. The molecule has 0 saturated heterocycles. The lowest BCUT2D eigenvalue weighted by atomic mass is 10.0. The lowest BCUT2D eigenvalue weighted by Crippen LogP contribution is -2.33. The van der Waals surface area contributed by atoms with Gasteiger partial charge in [-0.1, -0.05) is 27.4 Å². The third-order valence-corrected chi connectivity index (χ3v) is 2.77. The first kappa shape index (κ1) is 16.7. The molecular formula is C14H25NO3. The van der Waals surface area contributed by atoms with Crippen LogP contribution in [0.3, 0.4) is 0 Å². The fourth-order valence-electron chi connectivity index (χ4n) is 1.66. The van der Waals surface area contributed by atoms with Crippen LogP contribution in [0.1, 0.15) is 40.5 Å². The topological polar surface area (TPSA) is 46.6 Å². The summed E-state index contributed by atoms with van der Waals surface area (Å²) in [5.41, 5.74) is 0.515. The lowest BCUT2D eigenvalue weighted by Gasteiger charge is -2.25. The molecule has 0 bridgehead atoms. The summed E-state index contributed by atoms with van der Waals surface area (Å²) < 4.78 is 4.99. The standard InChI is InChI=1S/C14H25NO3/c1-7-12(14(17)18-8-2)11(5)15(6)13(16)9-10(3)4/h10,12H,5,7-9H2,1-4,6H3. The molecule has 0 aromatic heterocycles. The molecule has 18 heavy (non-hydrogen) atoms. The van der Waals surface area contributed by atoms with Gasteiger partial charge in [-0.3, -0.25) is 9.59 Å². The van der Waals surface area contributed by atoms with Gasteiger partial charge < -0.3 is 9.64 Å². The highest BCUT2D eigenvalue weighted by molar-refractivity contribution is 5.81. The summed E-state index contributed by atoms with van der Waals surface area (Å²) in [5.74, 6) is -0.478. The van der Waals surface area contributed by atoms with Crippen LogP contribution in [0.5, 0.6) is 0 Å². The highest BCUT2D eigenvalue weighted by Gasteiger charge is 2.26. The minimum atomic E-state index is -0.439. The Balaban J connectivity index is 4.68. The van der Waals surface area contributed by atoms with E-state index < -0.39 is 5.92 Å². The van der Waals surface area contributed by atoms with Crippen LogP contribution < -0.4 is 0 Å². The quantitative estimate of drug-likeness (QED) is 0.657. The Morgan fingerprint density at radius 1 is 1.28 bits per heavy atom. The minimum absolute atomic E-state index is 0.0160. The number of amides is 1. The molecule has 0 heterocycles. The SMILES string of the molecule is C=C(C(CC)C(=O)OCC)N(C)C(=O)CC(C)C. The summed E-state index contributed by atoms with van der Waals surface area (Å²) in [5, 5.41) is 0. The Labute approximate surface area is 110 Å². The van der Waals surface area contributed by atoms with E-state index in [9.17, 15) is 9.59 Å². The zero-order valence-electron chi connectivity index (χ0n) is 12.2. The first-order valence-electron chi connectivity index (χ1n) is 6.47. The number of carbonyl (C=O) groups is 2. The van der Waals surface area contributed by atoms with Gasteiger partial charge in [0.1, 0.15) is 0 Å². The second kappa shape index (κ2) is 7.90. The van der Waals surface area contributed by atoms with Gasteiger partial charge >= 0.3 is 5.97 Å². The van der Waals surface area contributed by atoms with E-state index >= 15 is 0 Å². The molecule has 0 aromatic rings. The molecule has 4 nitrogen and oxygen atoms in total. The maximum absolute atomic E-state index is 11.9. The molecule has 1 unspecified atom stereocenters. The third kappa shape index (κ3) is 4.90. The van der Waals surface area contributed by atoms with Crippen LogP contribution in [0.4, 0.5) is 0 Å². The van der Waals surface area contributed by atoms with Gasteiger partial charge in [0, 0.05) is 19.2 Å². The Morgan fingerprint density at radius 2 is 1.83 bits per heavy atom. The van der Waals surface area contributed by atoms with Gasteiger partial charge in [0.25, 0.3) is 0 Å². The zero-order chi connectivity index (χ0) is 14.3. The predicted molar refractivity (Wildman–Crippen MR) is 71.8 cm³/mol. The van der Waals surface area contributed by atoms with E-state index in [-0.39, 0.29) is 17.8 Å². The number of hydrogen-bond acceptors (Lipinski definition) is 3. The molecule has 0 rings (SSSR count). The Hall–Kier alpha value is -1.32. The van der Waals surface area contributed by atoms with Gasteiger partial charge in [-0.05, 0) is 19.3 Å². The van der Waals surface area contributed by atoms with Gasteiger partial charge in [-0.2, -0.15) is 0 Å². The van der Waals surface area contributed by atoms with E-state index in [1.54, 1.807) is 14.0 Å². The van der Waals surface area contributed by atoms with E-state index in [0.29, 0.717) is 25.1 Å². The third-order valence-electron chi connectivity index (χ3n) is 2.77. The Bertz CT molecular complexity index is 310. The van der Waals surface area contributed by atoms with Gasteiger partial charge in [-0.25, -0.2) is 0 Å². The first-order valence-corrected chi connectivity index (χ1v) is 6.47. The van der Waals surface area contributed by atoms with Crippen molar-refractivity contribution in [3.8, 4) is 0 Å². The van der Waals surface area contributed by atoms with Crippen LogP contribution in [-0.4, -0.2) is 30.4 Å². The second-order valence-corrected chi connectivity index (χ2v) is 4.75. The molecular weight excluding hydrogens is 230 g/mol. The maximum atomic E-state index is 11.9. The van der Waals surface area contributed by atoms with Crippen LogP contribution in [0.2, 0.25) is 0 Å². The summed E-state index contributed by atoms with van der Waals surface area (Å²) in [4.78, 5) is 25.1.